The Kier molecular flexibility index (Phi) is 5.41. The summed E-state index contributed by atoms with van der Waals surface area (Å²) >= 11 is 5.81. The molecular weight excluding hydrogens is 395 g/mol. The lowest BCUT2D eigenvalue weighted by Crippen LogP contribution is -2.44. The molecule has 0 spiro atoms. The van der Waals surface area contributed by atoms with E-state index in [0.717, 1.165) is 23.9 Å². The second-order valence-electron chi connectivity index (χ2n) is 7.48. The molecule has 1 aromatic carbocycles. The number of benzene rings is 1. The van der Waals surface area contributed by atoms with Crippen LogP contribution in [0.2, 0.25) is 5.28 Å². The molecule has 0 radical (unpaired) electrons. The zero-order valence-corrected chi connectivity index (χ0v) is 16.9. The van der Waals surface area contributed by atoms with E-state index < -0.39 is 5.82 Å². The molecule has 1 fully saturated rings. The number of hydrogen-bond donors (Lipinski definition) is 2. The predicted molar refractivity (Wildman–Crippen MR) is 108 cm³/mol. The van der Waals surface area contributed by atoms with Crippen molar-refractivity contribution < 1.29 is 13.9 Å². The highest BCUT2D eigenvalue weighted by molar-refractivity contribution is 6.28. The molecule has 2 bridgehead atoms. The van der Waals surface area contributed by atoms with Crippen molar-refractivity contribution >= 4 is 23.3 Å². The van der Waals surface area contributed by atoms with Gasteiger partial charge in [-0.15, -0.1) is 0 Å². The molecule has 2 aliphatic rings. The minimum Gasteiger partial charge on any atom is -0.497 e. The van der Waals surface area contributed by atoms with Gasteiger partial charge in [0.15, 0.2) is 11.6 Å². The van der Waals surface area contributed by atoms with E-state index >= 15 is 0 Å². The highest BCUT2D eigenvalue weighted by Crippen LogP contribution is 2.45. The Morgan fingerprint density at radius 1 is 1.28 bits per heavy atom. The monoisotopic (exact) mass is 416 g/mol. The Morgan fingerprint density at radius 3 is 2.72 bits per heavy atom. The summed E-state index contributed by atoms with van der Waals surface area (Å²) in [5.41, 5.74) is 0.982. The minimum absolute atomic E-state index is 0.0250. The van der Waals surface area contributed by atoms with Gasteiger partial charge in [-0.1, -0.05) is 24.3 Å². The Balaban J connectivity index is 1.50. The van der Waals surface area contributed by atoms with Crippen LogP contribution in [0.3, 0.4) is 0 Å². The topological polar surface area (TPSA) is 76.1 Å². The predicted octanol–water partition coefficient (Wildman–Crippen LogP) is 3.76. The molecule has 1 aromatic heterocycles. The van der Waals surface area contributed by atoms with Crippen LogP contribution in [0.25, 0.3) is 0 Å². The van der Waals surface area contributed by atoms with E-state index in [-0.39, 0.29) is 46.8 Å². The summed E-state index contributed by atoms with van der Waals surface area (Å²) < 4.78 is 19.3. The lowest BCUT2D eigenvalue weighted by molar-refractivity contribution is -0.126. The molecule has 2 aliphatic carbocycles. The summed E-state index contributed by atoms with van der Waals surface area (Å²) in [7, 11) is 1.61. The number of carbonyl (C=O) groups excluding carboxylic acids is 1. The smallest absolute Gasteiger partial charge is 0.226 e. The van der Waals surface area contributed by atoms with Crippen LogP contribution in [0.15, 0.2) is 42.6 Å². The highest BCUT2D eigenvalue weighted by Gasteiger charge is 2.48. The SMILES string of the molecule is COc1ccc([C@@H](C)NC(=O)[C@@H]2[C@H](Nc3nc(Cl)ncc3F)[C@H]3C=C[C@@H]2C3)cc1. The molecule has 2 N–H and O–H groups in total. The first-order valence-electron chi connectivity index (χ1n) is 9.53. The van der Waals surface area contributed by atoms with Crippen LogP contribution in [0.1, 0.15) is 24.9 Å². The summed E-state index contributed by atoms with van der Waals surface area (Å²) in [6.07, 6.45) is 6.04. The molecule has 5 atom stereocenters. The van der Waals surface area contributed by atoms with Crippen molar-refractivity contribution in [2.24, 2.45) is 17.8 Å². The first-order chi connectivity index (χ1) is 14.0. The molecule has 1 heterocycles. The van der Waals surface area contributed by atoms with Gasteiger partial charge in [-0.25, -0.2) is 9.37 Å². The maximum absolute atomic E-state index is 14.1. The fraction of sp³-hybridized carbons (Fsp3) is 0.381. The van der Waals surface area contributed by atoms with Crippen LogP contribution < -0.4 is 15.4 Å². The minimum atomic E-state index is -0.591. The van der Waals surface area contributed by atoms with E-state index in [0.29, 0.717) is 0 Å². The maximum Gasteiger partial charge on any atom is 0.226 e. The number of allylic oxidation sites excluding steroid dienone is 1. The van der Waals surface area contributed by atoms with Gasteiger partial charge in [-0.2, -0.15) is 4.98 Å². The molecule has 0 saturated heterocycles. The van der Waals surface area contributed by atoms with Gasteiger partial charge in [0.25, 0.3) is 0 Å². The van der Waals surface area contributed by atoms with Gasteiger partial charge in [0.05, 0.1) is 25.3 Å². The third kappa shape index (κ3) is 3.92. The number of methoxy groups -OCH3 is 1. The molecule has 0 aliphatic heterocycles. The maximum atomic E-state index is 14.1. The van der Waals surface area contributed by atoms with Gasteiger partial charge >= 0.3 is 0 Å². The zero-order chi connectivity index (χ0) is 20.5. The van der Waals surface area contributed by atoms with Gasteiger partial charge in [0.2, 0.25) is 11.2 Å². The molecule has 4 rings (SSSR count). The van der Waals surface area contributed by atoms with Gasteiger partial charge in [0.1, 0.15) is 5.75 Å². The third-order valence-electron chi connectivity index (χ3n) is 5.75. The van der Waals surface area contributed by atoms with E-state index in [1.165, 1.54) is 0 Å². The number of nitrogens with one attached hydrogen (secondary N) is 2. The van der Waals surface area contributed by atoms with Crippen molar-refractivity contribution in [2.45, 2.75) is 25.4 Å². The first-order valence-corrected chi connectivity index (χ1v) is 9.91. The number of rotatable bonds is 6. The van der Waals surface area contributed by atoms with Gasteiger partial charge in [-0.3, -0.25) is 4.79 Å². The Morgan fingerprint density at radius 2 is 2.00 bits per heavy atom. The normalized spacial score (nSPS) is 25.7. The second-order valence-corrected chi connectivity index (χ2v) is 7.82. The number of anilines is 1. The first kappa shape index (κ1) is 19.6. The number of aromatic nitrogens is 2. The van der Waals surface area contributed by atoms with Gasteiger partial charge < -0.3 is 15.4 Å². The summed E-state index contributed by atoms with van der Waals surface area (Å²) in [5.74, 6) is 0.0624. The number of nitrogens with zero attached hydrogens (tertiary/aromatic N) is 2. The van der Waals surface area contributed by atoms with Crippen LogP contribution in [0.4, 0.5) is 10.2 Å². The largest absolute Gasteiger partial charge is 0.497 e. The fourth-order valence-electron chi connectivity index (χ4n) is 4.27. The third-order valence-corrected chi connectivity index (χ3v) is 5.94. The molecule has 6 nitrogen and oxygen atoms in total. The van der Waals surface area contributed by atoms with E-state index in [4.69, 9.17) is 16.3 Å². The van der Waals surface area contributed by atoms with Crippen LogP contribution in [0.5, 0.6) is 5.75 Å². The van der Waals surface area contributed by atoms with Gasteiger partial charge in [0, 0.05) is 6.04 Å². The zero-order valence-electron chi connectivity index (χ0n) is 16.1. The number of hydrogen-bond acceptors (Lipinski definition) is 5. The number of ether oxygens (including phenoxy) is 1. The van der Waals surface area contributed by atoms with Crippen molar-refractivity contribution in [3.05, 3.63) is 59.3 Å². The Labute approximate surface area is 173 Å². The van der Waals surface area contributed by atoms with Crippen molar-refractivity contribution in [3.8, 4) is 5.75 Å². The summed E-state index contributed by atoms with van der Waals surface area (Å²) in [5, 5.41) is 6.16. The molecule has 29 heavy (non-hydrogen) atoms. The van der Waals surface area contributed by atoms with Crippen molar-refractivity contribution in [1.82, 2.24) is 15.3 Å². The van der Waals surface area contributed by atoms with Crippen molar-refractivity contribution in [3.63, 3.8) is 0 Å². The quantitative estimate of drug-likeness (QED) is 0.554. The number of amides is 1. The molecular formula is C21H22ClFN4O2. The molecule has 152 valence electrons. The standard InChI is InChI=1S/C21H22ClFN4O2/c1-11(12-5-7-15(29-2)8-6-12)25-20(28)17-13-3-4-14(9-13)18(17)26-19-16(23)10-24-21(22)27-19/h3-8,10-11,13-14,17-18H,9H2,1-2H3,(H,25,28)(H,24,26,27)/t11-,13-,14+,17+,18-/m1/s1. The molecule has 0 unspecified atom stereocenters. The number of fused-ring (bicyclic) bond motifs is 2. The molecule has 1 saturated carbocycles. The lowest BCUT2D eigenvalue weighted by atomic mass is 9.87. The van der Waals surface area contributed by atoms with E-state index in [2.05, 4.69) is 32.8 Å². The van der Waals surface area contributed by atoms with Crippen LogP contribution >= 0.6 is 11.6 Å². The summed E-state index contributed by atoms with van der Waals surface area (Å²) in [6.45, 7) is 1.94. The van der Waals surface area contributed by atoms with Crippen LogP contribution in [-0.4, -0.2) is 29.0 Å². The number of halogens is 2. The lowest BCUT2D eigenvalue weighted by Gasteiger charge is -2.29. The fourth-order valence-corrected chi connectivity index (χ4v) is 4.40. The van der Waals surface area contributed by atoms with Crippen molar-refractivity contribution in [1.29, 1.82) is 0 Å². The number of carbonyl (C=O) groups is 1. The second kappa shape index (κ2) is 7.99. The average Bonchev–Trinajstić information content (AvgIpc) is 3.32. The summed E-state index contributed by atoms with van der Waals surface area (Å²) in [4.78, 5) is 20.7. The van der Waals surface area contributed by atoms with Crippen LogP contribution in [0, 0.1) is 23.6 Å². The average molecular weight is 417 g/mol. The highest BCUT2D eigenvalue weighted by atomic mass is 35.5. The van der Waals surface area contributed by atoms with E-state index in [1.54, 1.807) is 7.11 Å². The molecule has 2 aromatic rings. The molecule has 1 amide bonds. The van der Waals surface area contributed by atoms with Crippen molar-refractivity contribution in [2.75, 3.05) is 12.4 Å². The van der Waals surface area contributed by atoms with Gasteiger partial charge in [-0.05, 0) is 54.5 Å². The Bertz CT molecular complexity index is 937. The Hall–Kier alpha value is -2.67. The van der Waals surface area contributed by atoms with E-state index in [9.17, 15) is 9.18 Å². The van der Waals surface area contributed by atoms with E-state index in [1.807, 2.05) is 31.2 Å². The molecule has 8 heteroatoms. The summed E-state index contributed by atoms with van der Waals surface area (Å²) in [6, 6.07) is 7.17. The van der Waals surface area contributed by atoms with Crippen LogP contribution in [-0.2, 0) is 4.79 Å².